The first-order valence-electron chi connectivity index (χ1n) is 12.2. The van der Waals surface area contributed by atoms with E-state index in [1.165, 1.54) is 22.4 Å². The van der Waals surface area contributed by atoms with Crippen molar-refractivity contribution in [2.24, 2.45) is 0 Å². The van der Waals surface area contributed by atoms with Gasteiger partial charge < -0.3 is 9.88 Å². The number of imidazole rings is 1. The minimum atomic E-state index is -0.106. The summed E-state index contributed by atoms with van der Waals surface area (Å²) in [5, 5.41) is 0. The minimum absolute atomic E-state index is 0.106. The maximum absolute atomic E-state index is 11.8. The van der Waals surface area contributed by atoms with E-state index >= 15 is 0 Å². The molecule has 2 atom stereocenters. The maximum atomic E-state index is 11.8. The number of fused-ring (bicyclic) bond motifs is 1. The summed E-state index contributed by atoms with van der Waals surface area (Å²) in [5.41, 5.74) is 7.78. The molecule has 6 nitrogen and oxygen atoms in total. The number of benzene rings is 1. The molecule has 0 saturated carbocycles. The van der Waals surface area contributed by atoms with E-state index in [1.807, 2.05) is 18.5 Å². The van der Waals surface area contributed by atoms with E-state index in [1.54, 1.807) is 12.3 Å². The number of nitrogens with zero attached hydrogens (tertiary/aromatic N) is 4. The van der Waals surface area contributed by atoms with Gasteiger partial charge in [0.1, 0.15) is 5.65 Å². The Labute approximate surface area is 200 Å². The van der Waals surface area contributed by atoms with Gasteiger partial charge in [0.2, 0.25) is 5.56 Å². The van der Waals surface area contributed by atoms with Crippen LogP contribution in [0.2, 0.25) is 0 Å². The molecule has 1 fully saturated rings. The zero-order chi connectivity index (χ0) is 23.8. The number of rotatable bonds is 5. The van der Waals surface area contributed by atoms with Crippen molar-refractivity contribution < 1.29 is 0 Å². The van der Waals surface area contributed by atoms with Crippen molar-refractivity contribution in [2.75, 3.05) is 24.5 Å². The maximum Gasteiger partial charge on any atom is 0.248 e. The average molecular weight is 456 g/mol. The third-order valence-corrected chi connectivity index (χ3v) is 7.19. The third kappa shape index (κ3) is 4.14. The second-order valence-electron chi connectivity index (χ2n) is 9.54. The highest BCUT2D eigenvalue weighted by Crippen LogP contribution is 2.29. The largest absolute Gasteiger partial charge is 0.366 e. The lowest BCUT2D eigenvalue weighted by Crippen LogP contribution is -2.56. The molecule has 176 valence electrons. The van der Waals surface area contributed by atoms with E-state index in [4.69, 9.17) is 0 Å². The summed E-state index contributed by atoms with van der Waals surface area (Å²) in [6.45, 7) is 12.4. The van der Waals surface area contributed by atoms with Crippen LogP contribution >= 0.6 is 0 Å². The van der Waals surface area contributed by atoms with E-state index in [0.29, 0.717) is 12.1 Å². The number of pyridine rings is 2. The highest BCUT2D eigenvalue weighted by atomic mass is 16.1. The molecule has 1 aliphatic heterocycles. The van der Waals surface area contributed by atoms with Crippen molar-refractivity contribution >= 4 is 11.3 Å². The first-order valence-corrected chi connectivity index (χ1v) is 12.2. The zero-order valence-electron chi connectivity index (χ0n) is 20.5. The Morgan fingerprint density at radius 2 is 1.91 bits per heavy atom. The van der Waals surface area contributed by atoms with Gasteiger partial charge in [0.25, 0.3) is 0 Å². The van der Waals surface area contributed by atoms with Crippen molar-refractivity contribution in [3.63, 3.8) is 0 Å². The van der Waals surface area contributed by atoms with Gasteiger partial charge in [-0.2, -0.15) is 0 Å². The molecule has 3 aromatic heterocycles. The Kier molecular flexibility index (Phi) is 6.00. The van der Waals surface area contributed by atoms with Crippen molar-refractivity contribution in [1.29, 1.82) is 0 Å². The van der Waals surface area contributed by atoms with Crippen LogP contribution in [0.4, 0.5) is 5.69 Å². The molecule has 4 heterocycles. The van der Waals surface area contributed by atoms with E-state index in [2.05, 4.69) is 82.2 Å². The monoisotopic (exact) mass is 455 g/mol. The van der Waals surface area contributed by atoms with Crippen LogP contribution in [0.15, 0.2) is 65.8 Å². The van der Waals surface area contributed by atoms with Gasteiger partial charge in [-0.15, -0.1) is 0 Å². The van der Waals surface area contributed by atoms with E-state index in [-0.39, 0.29) is 5.56 Å². The molecule has 1 aliphatic rings. The van der Waals surface area contributed by atoms with Crippen LogP contribution in [-0.4, -0.2) is 51.0 Å². The standard InChI is InChI=1S/C28H33N5O/c1-5-31-17-21(4)33(18-20(31)3)25-8-6-22(14-19(25)2)15-24-7-9-26(32-13-12-30-28(24)32)23-10-11-29-27(34)16-23/h6-14,16,20-21H,5,15,17-18H2,1-4H3,(H,29,34). The summed E-state index contributed by atoms with van der Waals surface area (Å²) >= 11 is 0. The van der Waals surface area contributed by atoms with Gasteiger partial charge >= 0.3 is 0 Å². The van der Waals surface area contributed by atoms with Crippen LogP contribution in [0.3, 0.4) is 0 Å². The molecule has 34 heavy (non-hydrogen) atoms. The number of piperazine rings is 1. The van der Waals surface area contributed by atoms with Crippen molar-refractivity contribution in [2.45, 2.75) is 46.2 Å². The zero-order valence-corrected chi connectivity index (χ0v) is 20.5. The molecule has 0 aliphatic carbocycles. The minimum Gasteiger partial charge on any atom is -0.366 e. The van der Waals surface area contributed by atoms with E-state index in [0.717, 1.165) is 43.0 Å². The Hall–Kier alpha value is -3.38. The number of aromatic nitrogens is 3. The Bertz CT molecular complexity index is 1370. The highest BCUT2D eigenvalue weighted by Gasteiger charge is 2.28. The summed E-state index contributed by atoms with van der Waals surface area (Å²) in [6, 6.07) is 15.7. The van der Waals surface area contributed by atoms with Gasteiger partial charge in [-0.1, -0.05) is 25.1 Å². The van der Waals surface area contributed by atoms with Crippen molar-refractivity contribution in [3.05, 3.63) is 88.1 Å². The highest BCUT2D eigenvalue weighted by molar-refractivity contribution is 5.66. The molecule has 0 spiro atoms. The molecule has 1 aromatic carbocycles. The number of hydrogen-bond acceptors (Lipinski definition) is 4. The van der Waals surface area contributed by atoms with Crippen LogP contribution < -0.4 is 10.5 Å². The van der Waals surface area contributed by atoms with Crippen molar-refractivity contribution in [3.8, 4) is 11.3 Å². The first kappa shape index (κ1) is 22.4. The van der Waals surface area contributed by atoms with Crippen LogP contribution in [0.25, 0.3) is 16.9 Å². The molecule has 6 heteroatoms. The summed E-state index contributed by atoms with van der Waals surface area (Å²) < 4.78 is 2.07. The predicted octanol–water partition coefficient (Wildman–Crippen LogP) is 4.51. The molecule has 2 unspecified atom stereocenters. The molecule has 1 saturated heterocycles. The normalized spacial score (nSPS) is 19.1. The van der Waals surface area contributed by atoms with E-state index in [9.17, 15) is 4.79 Å². The fraction of sp³-hybridized carbons (Fsp3) is 0.357. The van der Waals surface area contributed by atoms with Gasteiger partial charge in [0, 0.05) is 67.5 Å². The topological polar surface area (TPSA) is 56.6 Å². The smallest absolute Gasteiger partial charge is 0.248 e. The Morgan fingerprint density at radius 1 is 1.06 bits per heavy atom. The van der Waals surface area contributed by atoms with Crippen LogP contribution in [-0.2, 0) is 6.42 Å². The lowest BCUT2D eigenvalue weighted by Gasteiger charge is -2.45. The van der Waals surface area contributed by atoms with Gasteiger partial charge in [-0.05, 0) is 62.2 Å². The number of hydrogen-bond donors (Lipinski definition) is 1. The second kappa shape index (κ2) is 9.11. The molecular formula is C28H33N5O. The molecule has 4 aromatic rings. The van der Waals surface area contributed by atoms with Crippen molar-refractivity contribution in [1.82, 2.24) is 19.3 Å². The number of H-pyrrole nitrogens is 1. The summed E-state index contributed by atoms with van der Waals surface area (Å²) in [6.07, 6.45) is 6.28. The summed E-state index contributed by atoms with van der Waals surface area (Å²) in [4.78, 5) is 24.3. The van der Waals surface area contributed by atoms with Crippen LogP contribution in [0, 0.1) is 6.92 Å². The molecule has 0 amide bonds. The Balaban J connectivity index is 1.42. The van der Waals surface area contributed by atoms with Crippen LogP contribution in [0.5, 0.6) is 0 Å². The fourth-order valence-electron chi connectivity index (χ4n) is 5.39. The SMILES string of the molecule is CCN1CC(C)N(c2ccc(Cc3ccc(-c4cc[nH]c(=O)c4)n4ccnc34)cc2C)CC1C. The number of aromatic amines is 1. The van der Waals surface area contributed by atoms with Crippen LogP contribution in [0.1, 0.15) is 37.5 Å². The lowest BCUT2D eigenvalue weighted by atomic mass is 10.00. The lowest BCUT2D eigenvalue weighted by molar-refractivity contribution is 0.175. The Morgan fingerprint density at radius 3 is 2.68 bits per heavy atom. The number of likely N-dealkylation sites (N-methyl/N-ethyl adjacent to an activating group) is 1. The summed E-state index contributed by atoms with van der Waals surface area (Å²) in [7, 11) is 0. The number of aryl methyl sites for hydroxylation is 1. The molecule has 1 N–H and O–H groups in total. The fourth-order valence-corrected chi connectivity index (χ4v) is 5.39. The quantitative estimate of drug-likeness (QED) is 0.481. The first-order chi connectivity index (χ1) is 16.4. The third-order valence-electron chi connectivity index (χ3n) is 7.19. The molecule has 0 bridgehead atoms. The second-order valence-corrected chi connectivity index (χ2v) is 9.54. The van der Waals surface area contributed by atoms with Gasteiger partial charge in [-0.25, -0.2) is 4.98 Å². The molecule has 0 radical (unpaired) electrons. The average Bonchev–Trinajstić information content (AvgIpc) is 3.31. The van der Waals surface area contributed by atoms with Gasteiger partial charge in [0.15, 0.2) is 0 Å². The number of anilines is 1. The van der Waals surface area contributed by atoms with Gasteiger partial charge in [-0.3, -0.25) is 14.1 Å². The van der Waals surface area contributed by atoms with Gasteiger partial charge in [0.05, 0.1) is 5.69 Å². The predicted molar refractivity (Wildman–Crippen MR) is 139 cm³/mol. The number of nitrogens with one attached hydrogen (secondary N) is 1. The summed E-state index contributed by atoms with van der Waals surface area (Å²) in [5.74, 6) is 0. The molecule has 5 rings (SSSR count). The molecular weight excluding hydrogens is 422 g/mol. The van der Waals surface area contributed by atoms with E-state index < -0.39 is 0 Å².